The van der Waals surface area contributed by atoms with Crippen molar-refractivity contribution < 1.29 is 9.59 Å². The van der Waals surface area contributed by atoms with E-state index in [-0.39, 0.29) is 18.2 Å². The van der Waals surface area contributed by atoms with Gasteiger partial charge in [0.05, 0.1) is 6.42 Å². The molecule has 0 radical (unpaired) electrons. The molecule has 0 saturated carbocycles. The number of benzene rings is 3. The average molecular weight is 463 g/mol. The van der Waals surface area contributed by atoms with Gasteiger partial charge in [0.15, 0.2) is 0 Å². The molecule has 0 aliphatic rings. The first-order valence-electron chi connectivity index (χ1n) is 11.3. The van der Waals surface area contributed by atoms with Gasteiger partial charge in [-0.1, -0.05) is 104 Å². The molecule has 0 heterocycles. The number of nitrogens with zero attached hydrogens (tertiary/aromatic N) is 1. The van der Waals surface area contributed by atoms with Crippen LogP contribution in [0.4, 0.5) is 0 Å². The Hall–Kier alpha value is -3.11. The molecule has 3 aromatic carbocycles. The normalized spacial score (nSPS) is 11.8. The van der Waals surface area contributed by atoms with Gasteiger partial charge >= 0.3 is 0 Å². The van der Waals surface area contributed by atoms with E-state index in [4.69, 9.17) is 11.6 Å². The van der Waals surface area contributed by atoms with E-state index in [1.54, 1.807) is 11.0 Å². The Balaban J connectivity index is 1.94. The highest BCUT2D eigenvalue weighted by atomic mass is 35.5. The molecule has 0 bridgehead atoms. The lowest BCUT2D eigenvalue weighted by Crippen LogP contribution is -2.51. The average Bonchev–Trinajstić information content (AvgIpc) is 2.82. The van der Waals surface area contributed by atoms with E-state index in [1.807, 2.05) is 78.9 Å². The third-order valence-corrected chi connectivity index (χ3v) is 5.82. The number of amides is 2. The summed E-state index contributed by atoms with van der Waals surface area (Å²) in [6.07, 6.45) is 0.571. The highest BCUT2D eigenvalue weighted by Gasteiger charge is 2.30. The standard InChI is InChI=1S/C28H31ClN2O2/c1-21(2)19-30-28(33)26(17-22-11-5-3-6-12-22)31(20-23-13-7-4-8-14-23)27(32)18-24-15-9-10-16-25(24)29/h3-16,21,26H,17-20H2,1-2H3,(H,30,33)/t26-/m1/s1. The van der Waals surface area contributed by atoms with Crippen LogP contribution in [0.1, 0.15) is 30.5 Å². The Morgan fingerprint density at radius 2 is 1.42 bits per heavy atom. The lowest BCUT2D eigenvalue weighted by Gasteiger charge is -2.32. The molecule has 0 saturated heterocycles. The summed E-state index contributed by atoms with van der Waals surface area (Å²) in [4.78, 5) is 28.7. The molecule has 4 nitrogen and oxygen atoms in total. The van der Waals surface area contributed by atoms with E-state index in [0.29, 0.717) is 30.5 Å². The van der Waals surface area contributed by atoms with Crippen molar-refractivity contribution >= 4 is 23.4 Å². The molecule has 172 valence electrons. The zero-order valence-electron chi connectivity index (χ0n) is 19.2. The second kappa shape index (κ2) is 12.2. The van der Waals surface area contributed by atoms with Gasteiger partial charge in [0.2, 0.25) is 11.8 Å². The molecule has 0 unspecified atom stereocenters. The first-order valence-corrected chi connectivity index (χ1v) is 11.7. The second-order valence-electron chi connectivity index (χ2n) is 8.62. The van der Waals surface area contributed by atoms with Crippen molar-refractivity contribution in [1.29, 1.82) is 0 Å². The molecule has 5 heteroatoms. The molecular formula is C28H31ClN2O2. The summed E-state index contributed by atoms with van der Waals surface area (Å²) in [7, 11) is 0. The number of carbonyl (C=O) groups is 2. The van der Waals surface area contributed by atoms with Crippen molar-refractivity contribution in [3.8, 4) is 0 Å². The number of rotatable bonds is 10. The van der Waals surface area contributed by atoms with Crippen LogP contribution in [0.25, 0.3) is 0 Å². The lowest BCUT2D eigenvalue weighted by molar-refractivity contribution is -0.140. The van der Waals surface area contributed by atoms with Crippen molar-refractivity contribution in [2.45, 2.75) is 39.3 Å². The third kappa shape index (κ3) is 7.47. The molecule has 1 atom stereocenters. The summed E-state index contributed by atoms with van der Waals surface area (Å²) < 4.78 is 0. The number of hydrogen-bond acceptors (Lipinski definition) is 2. The van der Waals surface area contributed by atoms with Crippen LogP contribution < -0.4 is 5.32 Å². The number of carbonyl (C=O) groups excluding carboxylic acids is 2. The molecule has 0 aromatic heterocycles. The number of nitrogens with one attached hydrogen (secondary N) is 1. The monoisotopic (exact) mass is 462 g/mol. The van der Waals surface area contributed by atoms with Gasteiger partial charge in [-0.15, -0.1) is 0 Å². The van der Waals surface area contributed by atoms with E-state index in [2.05, 4.69) is 19.2 Å². The number of halogens is 1. The highest BCUT2D eigenvalue weighted by Crippen LogP contribution is 2.20. The SMILES string of the molecule is CC(C)CNC(=O)[C@@H](Cc1ccccc1)N(Cc1ccccc1)C(=O)Cc1ccccc1Cl. The molecule has 0 spiro atoms. The molecule has 1 N–H and O–H groups in total. The second-order valence-corrected chi connectivity index (χ2v) is 9.03. The summed E-state index contributed by atoms with van der Waals surface area (Å²) in [6, 6.07) is 26.3. The molecule has 2 amide bonds. The lowest BCUT2D eigenvalue weighted by atomic mass is 10.0. The fraction of sp³-hybridized carbons (Fsp3) is 0.286. The van der Waals surface area contributed by atoms with Gasteiger partial charge in [0.25, 0.3) is 0 Å². The summed E-state index contributed by atoms with van der Waals surface area (Å²) in [5.74, 6) is 0.0382. The minimum atomic E-state index is -0.638. The summed E-state index contributed by atoms with van der Waals surface area (Å²) in [5, 5.41) is 3.59. The van der Waals surface area contributed by atoms with Crippen LogP contribution in [-0.4, -0.2) is 29.3 Å². The van der Waals surface area contributed by atoms with Crippen LogP contribution in [0.3, 0.4) is 0 Å². The van der Waals surface area contributed by atoms with Crippen molar-refractivity contribution in [3.63, 3.8) is 0 Å². The topological polar surface area (TPSA) is 49.4 Å². The van der Waals surface area contributed by atoms with Crippen LogP contribution in [0, 0.1) is 5.92 Å². The molecule has 0 aliphatic carbocycles. The largest absolute Gasteiger partial charge is 0.354 e. The first kappa shape index (κ1) is 24.5. The van der Waals surface area contributed by atoms with Gasteiger partial charge in [0, 0.05) is 24.5 Å². The van der Waals surface area contributed by atoms with Crippen molar-refractivity contribution in [3.05, 3.63) is 107 Å². The third-order valence-electron chi connectivity index (χ3n) is 5.45. The van der Waals surface area contributed by atoms with Crippen LogP contribution in [0.2, 0.25) is 5.02 Å². The van der Waals surface area contributed by atoms with E-state index < -0.39 is 6.04 Å². The van der Waals surface area contributed by atoms with Crippen LogP contribution in [0.15, 0.2) is 84.9 Å². The molecule has 3 aromatic rings. The van der Waals surface area contributed by atoms with Gasteiger partial charge in [0.1, 0.15) is 6.04 Å². The maximum Gasteiger partial charge on any atom is 0.243 e. The Morgan fingerprint density at radius 3 is 2.03 bits per heavy atom. The van der Waals surface area contributed by atoms with Crippen LogP contribution in [0.5, 0.6) is 0 Å². The smallest absolute Gasteiger partial charge is 0.243 e. The van der Waals surface area contributed by atoms with Crippen molar-refractivity contribution in [1.82, 2.24) is 10.2 Å². The molecule has 3 rings (SSSR count). The fourth-order valence-electron chi connectivity index (χ4n) is 3.66. The summed E-state index contributed by atoms with van der Waals surface area (Å²) in [6.45, 7) is 5.01. The molecular weight excluding hydrogens is 432 g/mol. The predicted octanol–water partition coefficient (Wildman–Crippen LogP) is 5.29. The quantitative estimate of drug-likeness (QED) is 0.444. The van der Waals surface area contributed by atoms with Crippen LogP contribution in [-0.2, 0) is 29.0 Å². The predicted molar refractivity (Wildman–Crippen MR) is 134 cm³/mol. The van der Waals surface area contributed by atoms with E-state index in [0.717, 1.165) is 16.7 Å². The maximum absolute atomic E-state index is 13.6. The van der Waals surface area contributed by atoms with Crippen LogP contribution >= 0.6 is 11.6 Å². The Labute approximate surface area is 201 Å². The highest BCUT2D eigenvalue weighted by molar-refractivity contribution is 6.31. The van der Waals surface area contributed by atoms with Gasteiger partial charge in [-0.3, -0.25) is 9.59 Å². The van der Waals surface area contributed by atoms with Crippen molar-refractivity contribution in [2.24, 2.45) is 5.92 Å². The first-order chi connectivity index (χ1) is 15.9. The van der Waals surface area contributed by atoms with Gasteiger partial charge in [-0.05, 0) is 28.7 Å². The Kier molecular flexibility index (Phi) is 9.08. The minimum Gasteiger partial charge on any atom is -0.354 e. The zero-order valence-corrected chi connectivity index (χ0v) is 20.0. The van der Waals surface area contributed by atoms with E-state index in [1.165, 1.54) is 0 Å². The van der Waals surface area contributed by atoms with Gasteiger partial charge in [-0.25, -0.2) is 0 Å². The zero-order chi connectivity index (χ0) is 23.6. The van der Waals surface area contributed by atoms with Gasteiger partial charge in [-0.2, -0.15) is 0 Å². The number of hydrogen-bond donors (Lipinski definition) is 1. The van der Waals surface area contributed by atoms with E-state index in [9.17, 15) is 9.59 Å². The summed E-state index contributed by atoms with van der Waals surface area (Å²) >= 11 is 6.34. The van der Waals surface area contributed by atoms with Crippen molar-refractivity contribution in [2.75, 3.05) is 6.54 Å². The molecule has 0 aliphatic heterocycles. The Bertz CT molecular complexity index is 1040. The minimum absolute atomic E-state index is 0.132. The molecule has 33 heavy (non-hydrogen) atoms. The Morgan fingerprint density at radius 1 is 0.848 bits per heavy atom. The maximum atomic E-state index is 13.6. The van der Waals surface area contributed by atoms with E-state index >= 15 is 0 Å². The molecule has 0 fully saturated rings. The fourth-order valence-corrected chi connectivity index (χ4v) is 3.87. The summed E-state index contributed by atoms with van der Waals surface area (Å²) in [5.41, 5.74) is 2.73. The van der Waals surface area contributed by atoms with Gasteiger partial charge < -0.3 is 10.2 Å².